The zero-order valence-electron chi connectivity index (χ0n) is 13.0. The molecule has 2 heteroatoms. The van der Waals surface area contributed by atoms with Gasteiger partial charge in [0.2, 0.25) is 0 Å². The van der Waals surface area contributed by atoms with E-state index in [1.54, 1.807) is 6.08 Å². The molecule has 0 bridgehead atoms. The lowest BCUT2D eigenvalue weighted by atomic mass is 9.70. The summed E-state index contributed by atoms with van der Waals surface area (Å²) in [5.41, 5.74) is 3.93. The summed E-state index contributed by atoms with van der Waals surface area (Å²) < 4.78 is 11.8. The topological polar surface area (TPSA) is 18.5 Å². The van der Waals surface area contributed by atoms with Crippen LogP contribution in [0.3, 0.4) is 0 Å². The third-order valence-corrected chi connectivity index (χ3v) is 4.12. The summed E-state index contributed by atoms with van der Waals surface area (Å²) in [5, 5.41) is 0. The Morgan fingerprint density at radius 3 is 2.45 bits per heavy atom. The highest BCUT2D eigenvalue weighted by molar-refractivity contribution is 5.37. The Hall–Kier alpha value is -1.12. The molecule has 0 atom stereocenters. The fraction of sp³-hybridized carbons (Fsp3) is 0.556. The molecule has 1 aliphatic heterocycles. The van der Waals surface area contributed by atoms with Crippen molar-refractivity contribution in [3.8, 4) is 0 Å². The summed E-state index contributed by atoms with van der Waals surface area (Å²) in [5.74, 6) is -0.388. The van der Waals surface area contributed by atoms with Crippen LogP contribution in [-0.4, -0.2) is 19.0 Å². The molecule has 0 aromatic heterocycles. The van der Waals surface area contributed by atoms with Crippen molar-refractivity contribution in [1.29, 1.82) is 0 Å². The van der Waals surface area contributed by atoms with E-state index in [0.717, 1.165) is 18.4 Å². The maximum absolute atomic E-state index is 5.89. The summed E-state index contributed by atoms with van der Waals surface area (Å²) in [6.07, 6.45) is 9.59. The van der Waals surface area contributed by atoms with E-state index in [1.807, 2.05) is 6.08 Å². The van der Waals surface area contributed by atoms with Crippen molar-refractivity contribution in [2.75, 3.05) is 13.2 Å². The van der Waals surface area contributed by atoms with Gasteiger partial charge in [-0.05, 0) is 24.8 Å². The highest BCUT2D eigenvalue weighted by Crippen LogP contribution is 2.48. The third-order valence-electron chi connectivity index (χ3n) is 4.12. The number of ether oxygens (including phenoxy) is 2. The van der Waals surface area contributed by atoms with E-state index in [0.29, 0.717) is 13.2 Å². The van der Waals surface area contributed by atoms with Gasteiger partial charge in [0, 0.05) is 12.8 Å². The van der Waals surface area contributed by atoms with Gasteiger partial charge in [0.1, 0.15) is 0 Å². The maximum atomic E-state index is 5.89. The van der Waals surface area contributed by atoms with E-state index in [4.69, 9.17) is 16.1 Å². The van der Waals surface area contributed by atoms with Crippen molar-refractivity contribution in [1.82, 2.24) is 0 Å². The van der Waals surface area contributed by atoms with Crippen LogP contribution in [0.15, 0.2) is 41.0 Å². The van der Waals surface area contributed by atoms with Crippen LogP contribution >= 0.6 is 0 Å². The Kier molecular flexibility index (Phi) is 4.36. The van der Waals surface area contributed by atoms with Crippen LogP contribution in [0.5, 0.6) is 0 Å². The third kappa shape index (κ3) is 3.13. The van der Waals surface area contributed by atoms with Crippen molar-refractivity contribution >= 4 is 0 Å². The predicted molar refractivity (Wildman–Crippen MR) is 82.1 cm³/mol. The fourth-order valence-electron chi connectivity index (χ4n) is 3.40. The van der Waals surface area contributed by atoms with Gasteiger partial charge in [0.05, 0.1) is 13.2 Å². The average molecular weight is 273 g/mol. The molecule has 0 aromatic rings. The lowest BCUT2D eigenvalue weighted by molar-refractivity contribution is -0.178. The first-order chi connectivity index (χ1) is 9.38. The molecule has 1 heterocycles. The van der Waals surface area contributed by atoms with E-state index in [2.05, 4.69) is 39.8 Å². The second-order valence-corrected chi connectivity index (χ2v) is 6.48. The Morgan fingerprint density at radius 2 is 1.90 bits per heavy atom. The second kappa shape index (κ2) is 5.71. The zero-order chi connectivity index (χ0) is 14.8. The fourth-order valence-corrected chi connectivity index (χ4v) is 3.40. The minimum Gasteiger partial charge on any atom is -0.347 e. The smallest absolute Gasteiger partial charge is 0.173 e. The summed E-state index contributed by atoms with van der Waals surface area (Å²) in [4.78, 5) is 0. The van der Waals surface area contributed by atoms with Gasteiger partial charge >= 0.3 is 0 Å². The van der Waals surface area contributed by atoms with E-state index >= 15 is 0 Å². The molecule has 1 aliphatic carbocycles. The van der Waals surface area contributed by atoms with Crippen molar-refractivity contribution in [2.24, 2.45) is 5.41 Å². The van der Waals surface area contributed by atoms with Crippen LogP contribution in [0.25, 0.3) is 0 Å². The van der Waals surface area contributed by atoms with Crippen LogP contribution in [-0.2, 0) is 9.47 Å². The molecular formula is C18H25O2. The quantitative estimate of drug-likeness (QED) is 0.711. The van der Waals surface area contributed by atoms with Crippen molar-refractivity contribution in [3.63, 3.8) is 0 Å². The van der Waals surface area contributed by atoms with Crippen molar-refractivity contribution < 1.29 is 9.47 Å². The Balaban J connectivity index is 2.27. The minimum atomic E-state index is -0.388. The SMILES string of the molecule is [CH]=C/C=C(C)/C=C/C1=C(C)CC2(CC1(C)C)OCCO2. The zero-order valence-corrected chi connectivity index (χ0v) is 13.0. The van der Waals surface area contributed by atoms with Gasteiger partial charge in [-0.3, -0.25) is 0 Å². The lowest BCUT2D eigenvalue weighted by Crippen LogP contribution is -2.40. The molecule has 0 unspecified atom stereocenters. The molecule has 2 rings (SSSR count). The van der Waals surface area contributed by atoms with E-state index in [-0.39, 0.29) is 11.2 Å². The van der Waals surface area contributed by atoms with Gasteiger partial charge in [0.15, 0.2) is 5.79 Å². The summed E-state index contributed by atoms with van der Waals surface area (Å²) in [6, 6.07) is 0. The number of allylic oxidation sites excluding steroid dienone is 6. The van der Waals surface area contributed by atoms with Gasteiger partial charge in [0.25, 0.3) is 0 Å². The van der Waals surface area contributed by atoms with Crippen LogP contribution in [0.4, 0.5) is 0 Å². The van der Waals surface area contributed by atoms with Crippen LogP contribution in [0.2, 0.25) is 0 Å². The molecular weight excluding hydrogens is 248 g/mol. The van der Waals surface area contributed by atoms with Crippen molar-refractivity contribution in [3.05, 3.63) is 47.6 Å². The Bertz CT molecular complexity index is 472. The molecule has 0 saturated carbocycles. The first-order valence-corrected chi connectivity index (χ1v) is 7.27. The molecule has 2 aliphatic rings. The predicted octanol–water partition coefficient (Wildman–Crippen LogP) is 4.36. The molecule has 1 radical (unpaired) electrons. The molecule has 2 nitrogen and oxygen atoms in total. The molecule has 0 aromatic carbocycles. The molecule has 0 N–H and O–H groups in total. The average Bonchev–Trinajstić information content (AvgIpc) is 2.74. The summed E-state index contributed by atoms with van der Waals surface area (Å²) >= 11 is 0. The summed E-state index contributed by atoms with van der Waals surface area (Å²) in [6.45, 7) is 15.6. The molecule has 0 amide bonds. The number of hydrogen-bond donors (Lipinski definition) is 0. The van der Waals surface area contributed by atoms with E-state index in [1.165, 1.54) is 11.1 Å². The first kappa shape index (κ1) is 15.3. The highest BCUT2D eigenvalue weighted by Gasteiger charge is 2.46. The molecule has 1 fully saturated rings. The lowest BCUT2D eigenvalue weighted by Gasteiger charge is -2.42. The van der Waals surface area contributed by atoms with E-state index in [9.17, 15) is 0 Å². The van der Waals surface area contributed by atoms with Crippen LogP contribution in [0, 0.1) is 12.0 Å². The van der Waals surface area contributed by atoms with Crippen molar-refractivity contribution in [2.45, 2.75) is 46.3 Å². The molecule has 109 valence electrons. The van der Waals surface area contributed by atoms with Gasteiger partial charge < -0.3 is 9.47 Å². The Labute approximate surface area is 122 Å². The largest absolute Gasteiger partial charge is 0.347 e. The monoisotopic (exact) mass is 273 g/mol. The van der Waals surface area contributed by atoms with Gasteiger partial charge in [-0.25, -0.2) is 0 Å². The summed E-state index contributed by atoms with van der Waals surface area (Å²) in [7, 11) is 0. The molecule has 1 saturated heterocycles. The molecule has 20 heavy (non-hydrogen) atoms. The van der Waals surface area contributed by atoms with Crippen LogP contribution in [0.1, 0.15) is 40.5 Å². The minimum absolute atomic E-state index is 0.0515. The van der Waals surface area contributed by atoms with Crippen LogP contribution < -0.4 is 0 Å². The highest BCUT2D eigenvalue weighted by atomic mass is 16.7. The number of rotatable bonds is 3. The first-order valence-electron chi connectivity index (χ1n) is 7.27. The van der Waals surface area contributed by atoms with Gasteiger partial charge in [-0.2, -0.15) is 0 Å². The maximum Gasteiger partial charge on any atom is 0.173 e. The van der Waals surface area contributed by atoms with E-state index < -0.39 is 0 Å². The van der Waals surface area contributed by atoms with Gasteiger partial charge in [-0.1, -0.05) is 55.9 Å². The molecule has 1 spiro atoms. The number of hydrogen-bond acceptors (Lipinski definition) is 2. The normalized spacial score (nSPS) is 25.7. The van der Waals surface area contributed by atoms with Gasteiger partial charge in [-0.15, -0.1) is 0 Å². The second-order valence-electron chi connectivity index (χ2n) is 6.48. The Morgan fingerprint density at radius 1 is 1.25 bits per heavy atom. The standard InChI is InChI=1S/C18H25O2/c1-6-7-14(2)8-9-16-15(3)12-18(13-17(16,4)5)19-10-11-20-18/h1,6-9H,10-13H2,2-5H3/b6-1?,9-8+,14-7+.